The standard InChI is InChI=1S/C16H13ClN2O4/c17-11-4-3-9-7-16(15(22)23,8-10(9)6-11)19-14(21)13-12(20)2-1-5-18-13/h1-6,20H,7-8H2,(H,19,21)(H,22,23). The third-order valence-electron chi connectivity index (χ3n) is 3.92. The Balaban J connectivity index is 1.91. The highest BCUT2D eigenvalue weighted by atomic mass is 35.5. The molecule has 1 heterocycles. The van der Waals surface area contributed by atoms with Gasteiger partial charge in [-0.2, -0.15) is 0 Å². The molecule has 1 unspecified atom stereocenters. The average molecular weight is 333 g/mol. The summed E-state index contributed by atoms with van der Waals surface area (Å²) in [5.74, 6) is -2.18. The van der Waals surface area contributed by atoms with Crippen LogP contribution in [0.3, 0.4) is 0 Å². The first-order valence-electron chi connectivity index (χ1n) is 6.88. The number of aromatic nitrogens is 1. The molecule has 1 aliphatic rings. The van der Waals surface area contributed by atoms with Crippen molar-refractivity contribution >= 4 is 23.5 Å². The number of nitrogens with zero attached hydrogens (tertiary/aromatic N) is 1. The van der Waals surface area contributed by atoms with Crippen molar-refractivity contribution in [3.63, 3.8) is 0 Å². The van der Waals surface area contributed by atoms with E-state index in [9.17, 15) is 19.8 Å². The van der Waals surface area contributed by atoms with Gasteiger partial charge in [0, 0.05) is 24.1 Å². The van der Waals surface area contributed by atoms with Crippen molar-refractivity contribution in [3.05, 3.63) is 58.4 Å². The molecule has 0 fully saturated rings. The molecule has 0 saturated carbocycles. The molecule has 1 aliphatic carbocycles. The Bertz CT molecular complexity index is 808. The Morgan fingerprint density at radius 1 is 1.22 bits per heavy atom. The van der Waals surface area contributed by atoms with E-state index in [4.69, 9.17) is 11.6 Å². The van der Waals surface area contributed by atoms with E-state index in [2.05, 4.69) is 10.3 Å². The number of hydrogen-bond donors (Lipinski definition) is 3. The summed E-state index contributed by atoms with van der Waals surface area (Å²) in [5, 5.41) is 22.4. The minimum atomic E-state index is -1.48. The maximum atomic E-state index is 12.3. The van der Waals surface area contributed by atoms with Gasteiger partial charge in [-0.15, -0.1) is 0 Å². The highest BCUT2D eigenvalue weighted by Crippen LogP contribution is 2.32. The molecule has 118 valence electrons. The number of halogens is 1. The molecule has 23 heavy (non-hydrogen) atoms. The molecule has 0 saturated heterocycles. The Labute approximate surface area is 136 Å². The number of benzene rings is 1. The number of carboxylic acids is 1. The summed E-state index contributed by atoms with van der Waals surface area (Å²) in [4.78, 5) is 27.9. The number of carboxylic acid groups (broad SMARTS) is 1. The van der Waals surface area contributed by atoms with Crippen LogP contribution >= 0.6 is 11.6 Å². The maximum Gasteiger partial charge on any atom is 0.330 e. The predicted molar refractivity (Wildman–Crippen MR) is 82.6 cm³/mol. The number of amides is 1. The first-order chi connectivity index (χ1) is 10.9. The third kappa shape index (κ3) is 2.73. The van der Waals surface area contributed by atoms with Crippen LogP contribution in [-0.4, -0.2) is 32.6 Å². The van der Waals surface area contributed by atoms with E-state index in [1.54, 1.807) is 18.2 Å². The van der Waals surface area contributed by atoms with Gasteiger partial charge in [-0.1, -0.05) is 17.7 Å². The monoisotopic (exact) mass is 332 g/mol. The molecular formula is C16H13ClN2O4. The van der Waals surface area contributed by atoms with E-state index in [-0.39, 0.29) is 24.3 Å². The molecule has 0 aliphatic heterocycles. The zero-order chi connectivity index (χ0) is 16.6. The molecule has 0 spiro atoms. The number of hydrogen-bond acceptors (Lipinski definition) is 4. The minimum Gasteiger partial charge on any atom is -0.505 e. The third-order valence-corrected chi connectivity index (χ3v) is 4.15. The highest BCUT2D eigenvalue weighted by Gasteiger charge is 2.46. The number of nitrogens with one attached hydrogen (secondary N) is 1. The van der Waals surface area contributed by atoms with Gasteiger partial charge in [-0.3, -0.25) is 4.79 Å². The zero-order valence-corrected chi connectivity index (χ0v) is 12.7. The van der Waals surface area contributed by atoms with Crippen molar-refractivity contribution in [1.82, 2.24) is 10.3 Å². The Morgan fingerprint density at radius 3 is 2.65 bits per heavy atom. The Hall–Kier alpha value is -2.60. The number of aliphatic carboxylic acids is 1. The fraction of sp³-hybridized carbons (Fsp3) is 0.188. The summed E-state index contributed by atoms with van der Waals surface area (Å²) in [6.45, 7) is 0. The first-order valence-corrected chi connectivity index (χ1v) is 7.26. The second-order valence-corrected chi connectivity index (χ2v) is 5.92. The lowest BCUT2D eigenvalue weighted by Crippen LogP contribution is -2.55. The van der Waals surface area contributed by atoms with Crippen LogP contribution in [-0.2, 0) is 17.6 Å². The van der Waals surface area contributed by atoms with E-state index in [1.807, 2.05) is 0 Å². The quantitative estimate of drug-likeness (QED) is 0.795. The van der Waals surface area contributed by atoms with E-state index in [0.717, 1.165) is 11.1 Å². The van der Waals surface area contributed by atoms with Gasteiger partial charge < -0.3 is 15.5 Å². The van der Waals surface area contributed by atoms with Crippen LogP contribution in [0.2, 0.25) is 5.02 Å². The van der Waals surface area contributed by atoms with Crippen LogP contribution < -0.4 is 5.32 Å². The van der Waals surface area contributed by atoms with Gasteiger partial charge in [0.05, 0.1) is 0 Å². The number of carbonyl (C=O) groups is 2. The van der Waals surface area contributed by atoms with Crippen LogP contribution in [0.15, 0.2) is 36.5 Å². The molecule has 7 heteroatoms. The summed E-state index contributed by atoms with van der Waals surface area (Å²) in [7, 11) is 0. The molecule has 1 aromatic carbocycles. The van der Waals surface area contributed by atoms with Crippen LogP contribution in [0.1, 0.15) is 21.6 Å². The molecule has 1 amide bonds. The highest BCUT2D eigenvalue weighted by molar-refractivity contribution is 6.30. The number of fused-ring (bicyclic) bond motifs is 1. The lowest BCUT2D eigenvalue weighted by molar-refractivity contribution is -0.144. The predicted octanol–water partition coefficient (Wildman–Crippen LogP) is 1.79. The average Bonchev–Trinajstić information content (AvgIpc) is 2.86. The fourth-order valence-corrected chi connectivity index (χ4v) is 2.98. The Morgan fingerprint density at radius 2 is 1.96 bits per heavy atom. The molecule has 0 radical (unpaired) electrons. The molecule has 6 nitrogen and oxygen atoms in total. The number of aromatic hydroxyl groups is 1. The van der Waals surface area contributed by atoms with Gasteiger partial charge >= 0.3 is 5.97 Å². The maximum absolute atomic E-state index is 12.3. The van der Waals surface area contributed by atoms with Crippen LogP contribution in [0, 0.1) is 0 Å². The topological polar surface area (TPSA) is 99.5 Å². The summed E-state index contributed by atoms with van der Waals surface area (Å²) in [5.41, 5.74) is -0.0801. The number of pyridine rings is 1. The minimum absolute atomic E-state index is 0.123. The van der Waals surface area contributed by atoms with E-state index in [0.29, 0.717) is 5.02 Å². The van der Waals surface area contributed by atoms with Crippen LogP contribution in [0.5, 0.6) is 5.75 Å². The van der Waals surface area contributed by atoms with Gasteiger partial charge in [-0.25, -0.2) is 9.78 Å². The molecule has 1 atom stereocenters. The molecule has 1 aromatic heterocycles. The summed E-state index contributed by atoms with van der Waals surface area (Å²) < 4.78 is 0. The first kappa shape index (κ1) is 15.3. The Kier molecular flexibility index (Phi) is 3.69. The lowest BCUT2D eigenvalue weighted by Gasteiger charge is -2.25. The zero-order valence-electron chi connectivity index (χ0n) is 11.9. The second kappa shape index (κ2) is 5.55. The summed E-state index contributed by atoms with van der Waals surface area (Å²) in [6, 6.07) is 7.94. The van der Waals surface area contributed by atoms with Crippen molar-refractivity contribution in [2.45, 2.75) is 18.4 Å². The summed E-state index contributed by atoms with van der Waals surface area (Å²) >= 11 is 5.94. The lowest BCUT2D eigenvalue weighted by atomic mass is 9.95. The van der Waals surface area contributed by atoms with Crippen molar-refractivity contribution in [1.29, 1.82) is 0 Å². The SMILES string of the molecule is O=C(NC1(C(=O)O)Cc2ccc(Cl)cc2C1)c1ncccc1O. The summed E-state index contributed by atoms with van der Waals surface area (Å²) in [6.07, 6.45) is 1.62. The smallest absolute Gasteiger partial charge is 0.330 e. The molecular weight excluding hydrogens is 320 g/mol. The van der Waals surface area contributed by atoms with E-state index >= 15 is 0 Å². The van der Waals surface area contributed by atoms with Crippen LogP contribution in [0.4, 0.5) is 0 Å². The van der Waals surface area contributed by atoms with Crippen molar-refractivity contribution in [2.75, 3.05) is 0 Å². The molecule has 0 bridgehead atoms. The van der Waals surface area contributed by atoms with Gasteiger partial charge in [0.2, 0.25) is 0 Å². The van der Waals surface area contributed by atoms with Crippen LogP contribution in [0.25, 0.3) is 0 Å². The molecule has 3 rings (SSSR count). The van der Waals surface area contributed by atoms with Crippen molar-refractivity contribution in [2.24, 2.45) is 0 Å². The van der Waals surface area contributed by atoms with Gasteiger partial charge in [0.15, 0.2) is 5.69 Å². The van der Waals surface area contributed by atoms with Gasteiger partial charge in [0.25, 0.3) is 5.91 Å². The molecule has 2 aromatic rings. The number of carbonyl (C=O) groups excluding carboxylic acids is 1. The van der Waals surface area contributed by atoms with E-state index in [1.165, 1.54) is 18.3 Å². The van der Waals surface area contributed by atoms with E-state index < -0.39 is 17.4 Å². The molecule has 3 N–H and O–H groups in total. The van der Waals surface area contributed by atoms with Crippen molar-refractivity contribution in [3.8, 4) is 5.75 Å². The second-order valence-electron chi connectivity index (χ2n) is 5.48. The van der Waals surface area contributed by atoms with Gasteiger partial charge in [0.1, 0.15) is 11.3 Å². The van der Waals surface area contributed by atoms with Gasteiger partial charge in [-0.05, 0) is 35.4 Å². The fourth-order valence-electron chi connectivity index (χ4n) is 2.79. The normalized spacial score (nSPS) is 19.2. The number of rotatable bonds is 3. The largest absolute Gasteiger partial charge is 0.505 e. The van der Waals surface area contributed by atoms with Crippen molar-refractivity contribution < 1.29 is 19.8 Å².